The van der Waals surface area contributed by atoms with Gasteiger partial charge in [-0.2, -0.15) is 0 Å². The molecule has 4 heteroatoms. The van der Waals surface area contributed by atoms with E-state index in [1.807, 2.05) is 31.2 Å². The summed E-state index contributed by atoms with van der Waals surface area (Å²) in [6.45, 7) is 1.93. The van der Waals surface area contributed by atoms with E-state index in [1.165, 1.54) is 0 Å². The van der Waals surface area contributed by atoms with Crippen molar-refractivity contribution >= 4 is 33.2 Å². The van der Waals surface area contributed by atoms with Crippen molar-refractivity contribution in [2.45, 2.75) is 6.92 Å². The Morgan fingerprint density at radius 1 is 1.18 bits per heavy atom. The lowest BCUT2D eigenvalue weighted by Crippen LogP contribution is -1.92. The maximum Gasteiger partial charge on any atom is 0.151 e. The van der Waals surface area contributed by atoms with Gasteiger partial charge in [0.1, 0.15) is 5.75 Å². The predicted octanol–water partition coefficient (Wildman–Crippen LogP) is 4.79. The zero-order valence-corrected chi connectivity index (χ0v) is 11.5. The molecule has 0 amide bonds. The average Bonchev–Trinajstić information content (AvgIpc) is 2.29. The first-order valence-electron chi connectivity index (χ1n) is 5.05. The van der Waals surface area contributed by atoms with E-state index in [0.717, 1.165) is 20.8 Å². The van der Waals surface area contributed by atoms with Crippen LogP contribution in [0.1, 0.15) is 5.56 Å². The smallest absolute Gasteiger partial charge is 0.151 e. The lowest BCUT2D eigenvalue weighted by molar-refractivity contribution is 0.484. The van der Waals surface area contributed by atoms with Gasteiger partial charge < -0.3 is 10.5 Å². The lowest BCUT2D eigenvalue weighted by Gasteiger charge is -2.09. The van der Waals surface area contributed by atoms with Crippen molar-refractivity contribution in [3.05, 3.63) is 51.5 Å². The lowest BCUT2D eigenvalue weighted by atomic mass is 10.2. The van der Waals surface area contributed by atoms with Crippen LogP contribution in [0.5, 0.6) is 11.5 Å². The molecule has 0 saturated carbocycles. The van der Waals surface area contributed by atoms with Crippen molar-refractivity contribution in [3.63, 3.8) is 0 Å². The van der Waals surface area contributed by atoms with Gasteiger partial charge in [0.2, 0.25) is 0 Å². The fourth-order valence-corrected chi connectivity index (χ4v) is 1.86. The van der Waals surface area contributed by atoms with E-state index in [0.29, 0.717) is 11.4 Å². The molecule has 2 nitrogen and oxygen atoms in total. The molecule has 2 aromatic rings. The van der Waals surface area contributed by atoms with Crippen LogP contribution in [0, 0.1) is 6.92 Å². The Morgan fingerprint density at radius 3 is 2.65 bits per heavy atom. The molecule has 0 heterocycles. The standard InChI is InChI=1S/C13H11BrClNO/c1-8-6-10(3-4-11(8)15)17-13-7-9(14)2-5-12(13)16/h2-7H,16H2,1H3. The monoisotopic (exact) mass is 311 g/mol. The topological polar surface area (TPSA) is 35.2 Å². The number of ether oxygens (including phenoxy) is 1. The minimum Gasteiger partial charge on any atom is -0.455 e. The van der Waals surface area contributed by atoms with Crippen LogP contribution in [0.2, 0.25) is 5.02 Å². The molecule has 17 heavy (non-hydrogen) atoms. The molecule has 0 saturated heterocycles. The molecule has 0 aliphatic rings. The quantitative estimate of drug-likeness (QED) is 0.810. The number of hydrogen-bond donors (Lipinski definition) is 1. The second kappa shape index (κ2) is 4.98. The van der Waals surface area contributed by atoms with Crippen molar-refractivity contribution in [2.75, 3.05) is 5.73 Å². The maximum atomic E-state index is 5.95. The summed E-state index contributed by atoms with van der Waals surface area (Å²) in [5.41, 5.74) is 7.40. The van der Waals surface area contributed by atoms with Crippen LogP contribution in [0.15, 0.2) is 40.9 Å². The van der Waals surface area contributed by atoms with Gasteiger partial charge in [-0.05, 0) is 48.9 Å². The predicted molar refractivity (Wildman–Crippen MR) is 74.8 cm³/mol. The SMILES string of the molecule is Cc1cc(Oc2cc(Br)ccc2N)ccc1Cl. The number of nitrogens with two attached hydrogens (primary N) is 1. The summed E-state index contributed by atoms with van der Waals surface area (Å²) >= 11 is 9.33. The van der Waals surface area contributed by atoms with E-state index in [2.05, 4.69) is 15.9 Å². The van der Waals surface area contributed by atoms with Crippen LogP contribution in [-0.2, 0) is 0 Å². The molecule has 0 radical (unpaired) electrons. The third kappa shape index (κ3) is 2.93. The van der Waals surface area contributed by atoms with Crippen LogP contribution in [0.3, 0.4) is 0 Å². The normalized spacial score (nSPS) is 10.3. The first-order valence-corrected chi connectivity index (χ1v) is 6.22. The second-order valence-electron chi connectivity index (χ2n) is 3.70. The highest BCUT2D eigenvalue weighted by molar-refractivity contribution is 9.10. The van der Waals surface area contributed by atoms with Crippen molar-refractivity contribution in [1.29, 1.82) is 0 Å². The van der Waals surface area contributed by atoms with Gasteiger partial charge in [-0.3, -0.25) is 0 Å². The van der Waals surface area contributed by atoms with Gasteiger partial charge in [-0.1, -0.05) is 27.5 Å². The van der Waals surface area contributed by atoms with Crippen LogP contribution in [-0.4, -0.2) is 0 Å². The van der Waals surface area contributed by atoms with Crippen LogP contribution in [0.4, 0.5) is 5.69 Å². The Hall–Kier alpha value is -1.19. The summed E-state index contributed by atoms with van der Waals surface area (Å²) in [7, 11) is 0. The molecule has 2 aromatic carbocycles. The zero-order valence-electron chi connectivity index (χ0n) is 9.21. The van der Waals surface area contributed by atoms with Gasteiger partial charge in [0.15, 0.2) is 5.75 Å². The molecular formula is C13H11BrClNO. The van der Waals surface area contributed by atoms with E-state index in [1.54, 1.807) is 12.1 Å². The number of nitrogen functional groups attached to an aromatic ring is 1. The highest BCUT2D eigenvalue weighted by atomic mass is 79.9. The van der Waals surface area contributed by atoms with E-state index < -0.39 is 0 Å². The average molecular weight is 313 g/mol. The van der Waals surface area contributed by atoms with Crippen molar-refractivity contribution in [1.82, 2.24) is 0 Å². The molecule has 0 fully saturated rings. The Balaban J connectivity index is 2.31. The Morgan fingerprint density at radius 2 is 1.94 bits per heavy atom. The minimum atomic E-state index is 0.598. The molecule has 0 unspecified atom stereocenters. The third-order valence-corrected chi connectivity index (χ3v) is 3.25. The van der Waals surface area contributed by atoms with E-state index in [4.69, 9.17) is 22.1 Å². The summed E-state index contributed by atoms with van der Waals surface area (Å²) < 4.78 is 6.64. The van der Waals surface area contributed by atoms with Gasteiger partial charge in [0.25, 0.3) is 0 Å². The van der Waals surface area contributed by atoms with Crippen molar-refractivity contribution < 1.29 is 4.74 Å². The highest BCUT2D eigenvalue weighted by Crippen LogP contribution is 2.31. The number of benzene rings is 2. The first kappa shape index (κ1) is 12.3. The molecule has 2 N–H and O–H groups in total. The molecule has 0 spiro atoms. The van der Waals surface area contributed by atoms with Crippen molar-refractivity contribution in [3.8, 4) is 11.5 Å². The number of halogens is 2. The number of anilines is 1. The molecule has 0 aliphatic carbocycles. The molecular weight excluding hydrogens is 302 g/mol. The zero-order chi connectivity index (χ0) is 12.4. The Kier molecular flexibility index (Phi) is 3.60. The van der Waals surface area contributed by atoms with Crippen LogP contribution in [0.25, 0.3) is 0 Å². The molecule has 0 aromatic heterocycles. The first-order chi connectivity index (χ1) is 8.06. The summed E-state index contributed by atoms with van der Waals surface area (Å²) in [5.74, 6) is 1.35. The Bertz CT molecular complexity index is 557. The number of rotatable bonds is 2. The van der Waals surface area contributed by atoms with Crippen molar-refractivity contribution in [2.24, 2.45) is 0 Å². The van der Waals surface area contributed by atoms with Gasteiger partial charge in [0, 0.05) is 9.50 Å². The largest absolute Gasteiger partial charge is 0.455 e. The van der Waals surface area contributed by atoms with Crippen LogP contribution < -0.4 is 10.5 Å². The van der Waals surface area contributed by atoms with Gasteiger partial charge in [-0.25, -0.2) is 0 Å². The summed E-state index contributed by atoms with van der Waals surface area (Å²) in [6.07, 6.45) is 0. The van der Waals surface area contributed by atoms with E-state index >= 15 is 0 Å². The molecule has 0 atom stereocenters. The molecule has 0 bridgehead atoms. The summed E-state index contributed by atoms with van der Waals surface area (Å²) in [4.78, 5) is 0. The van der Waals surface area contributed by atoms with Crippen LogP contribution >= 0.6 is 27.5 Å². The fourth-order valence-electron chi connectivity index (χ4n) is 1.40. The molecule has 2 rings (SSSR count). The number of hydrogen-bond acceptors (Lipinski definition) is 2. The second-order valence-corrected chi connectivity index (χ2v) is 5.02. The third-order valence-electron chi connectivity index (χ3n) is 2.33. The maximum absolute atomic E-state index is 5.95. The van der Waals surface area contributed by atoms with E-state index in [-0.39, 0.29) is 0 Å². The van der Waals surface area contributed by atoms with Gasteiger partial charge in [0.05, 0.1) is 5.69 Å². The molecule has 0 aliphatic heterocycles. The highest BCUT2D eigenvalue weighted by Gasteiger charge is 2.04. The summed E-state index contributed by atoms with van der Waals surface area (Å²) in [6, 6.07) is 11.0. The van der Waals surface area contributed by atoms with Gasteiger partial charge in [-0.15, -0.1) is 0 Å². The minimum absolute atomic E-state index is 0.598. The fraction of sp³-hybridized carbons (Fsp3) is 0.0769. The Labute approximate surface area is 113 Å². The summed E-state index contributed by atoms with van der Waals surface area (Å²) in [5, 5.41) is 0.722. The van der Waals surface area contributed by atoms with Gasteiger partial charge >= 0.3 is 0 Å². The molecule has 88 valence electrons. The number of aryl methyl sites for hydroxylation is 1. The van der Waals surface area contributed by atoms with E-state index in [9.17, 15) is 0 Å².